The van der Waals surface area contributed by atoms with Crippen LogP contribution in [0.15, 0.2) is 42.6 Å². The molecule has 4 nitrogen and oxygen atoms in total. The molecule has 0 bridgehead atoms. The molecule has 6 heteroatoms. The number of carbonyl (C=O) groups excluding carboxylic acids is 1. The lowest BCUT2D eigenvalue weighted by atomic mass is 10.1. The number of halogens is 2. The number of aromatic nitrogens is 1. The van der Waals surface area contributed by atoms with Crippen LogP contribution in [0.2, 0.25) is 10.0 Å². The fourth-order valence-electron chi connectivity index (χ4n) is 2.98. The number of hydrogen-bond acceptors (Lipinski definition) is 3. The van der Waals surface area contributed by atoms with Crippen LogP contribution in [-0.4, -0.2) is 28.4 Å². The molecule has 1 saturated carbocycles. The first-order valence-electron chi connectivity index (χ1n) is 8.86. The Hall–Kier alpha value is -1.78. The Kier molecular flexibility index (Phi) is 6.38. The minimum Gasteiger partial charge on any atom is -0.492 e. The summed E-state index contributed by atoms with van der Waals surface area (Å²) in [5, 5.41) is 1.05. The Morgan fingerprint density at radius 1 is 1.31 bits per heavy atom. The van der Waals surface area contributed by atoms with Crippen LogP contribution in [0.4, 0.5) is 0 Å². The van der Waals surface area contributed by atoms with Gasteiger partial charge in [-0.3, -0.25) is 9.78 Å². The lowest BCUT2D eigenvalue weighted by Gasteiger charge is -2.29. The van der Waals surface area contributed by atoms with E-state index in [2.05, 4.69) is 4.98 Å². The number of pyridine rings is 1. The zero-order valence-electron chi connectivity index (χ0n) is 14.7. The van der Waals surface area contributed by atoms with Gasteiger partial charge in [0.25, 0.3) is 0 Å². The van der Waals surface area contributed by atoms with Crippen molar-refractivity contribution < 1.29 is 9.53 Å². The zero-order valence-corrected chi connectivity index (χ0v) is 16.2. The van der Waals surface area contributed by atoms with Crippen molar-refractivity contribution in [3.63, 3.8) is 0 Å². The van der Waals surface area contributed by atoms with Gasteiger partial charge in [-0.2, -0.15) is 0 Å². The molecular formula is C20H22Cl2N2O2. The summed E-state index contributed by atoms with van der Waals surface area (Å²) in [5.74, 6) is 0.737. The minimum absolute atomic E-state index is 0.0113. The molecule has 2 aromatic rings. The van der Waals surface area contributed by atoms with E-state index in [1.54, 1.807) is 24.4 Å². The van der Waals surface area contributed by atoms with E-state index in [1.807, 2.05) is 30.0 Å². The van der Waals surface area contributed by atoms with Gasteiger partial charge in [0.15, 0.2) is 0 Å². The lowest BCUT2D eigenvalue weighted by Crippen LogP contribution is -2.36. The maximum atomic E-state index is 12.8. The Labute approximate surface area is 164 Å². The topological polar surface area (TPSA) is 42.4 Å². The van der Waals surface area contributed by atoms with Crippen LogP contribution in [0.1, 0.15) is 44.3 Å². The molecule has 1 heterocycles. The van der Waals surface area contributed by atoms with Crippen LogP contribution in [-0.2, 0) is 4.79 Å². The number of carbonyl (C=O) groups is 1. The van der Waals surface area contributed by atoms with Crippen LogP contribution in [0, 0.1) is 0 Å². The summed E-state index contributed by atoms with van der Waals surface area (Å²) in [7, 11) is 0. The average Bonchev–Trinajstić information content (AvgIpc) is 3.46. The van der Waals surface area contributed by atoms with Crippen molar-refractivity contribution >= 4 is 29.1 Å². The number of amides is 1. The summed E-state index contributed by atoms with van der Waals surface area (Å²) in [6.07, 6.45) is 4.99. The van der Waals surface area contributed by atoms with Gasteiger partial charge in [-0.1, -0.05) is 29.3 Å². The molecule has 3 rings (SSSR count). The second-order valence-electron chi connectivity index (χ2n) is 6.49. The van der Waals surface area contributed by atoms with E-state index >= 15 is 0 Å². The molecule has 1 aliphatic carbocycles. The standard InChI is InChI=1S/C20H22Cl2N2O2/c1-14(18-5-2-3-11-23-18)24(16-8-9-16)20(25)6-4-12-26-19-10-7-15(21)13-17(19)22/h2-3,5,7,10-11,13-14,16H,4,6,8-9,12H2,1H3. The van der Waals surface area contributed by atoms with Crippen molar-refractivity contribution in [3.05, 3.63) is 58.3 Å². The third-order valence-electron chi connectivity index (χ3n) is 4.45. The van der Waals surface area contributed by atoms with Gasteiger partial charge in [-0.25, -0.2) is 0 Å². The average molecular weight is 393 g/mol. The van der Waals surface area contributed by atoms with Crippen molar-refractivity contribution in [2.24, 2.45) is 0 Å². The van der Waals surface area contributed by atoms with Crippen LogP contribution in [0.25, 0.3) is 0 Å². The van der Waals surface area contributed by atoms with Gasteiger partial charge in [0.2, 0.25) is 5.91 Å². The third-order valence-corrected chi connectivity index (χ3v) is 4.98. The smallest absolute Gasteiger partial charge is 0.223 e. The summed E-state index contributed by atoms with van der Waals surface area (Å²) in [6, 6.07) is 11.3. The number of rotatable bonds is 8. The SMILES string of the molecule is CC(c1ccccn1)N(C(=O)CCCOc1ccc(Cl)cc1Cl)C1CC1. The molecule has 0 aliphatic heterocycles. The quantitative estimate of drug-likeness (QED) is 0.572. The molecule has 0 radical (unpaired) electrons. The van der Waals surface area contributed by atoms with Gasteiger partial charge >= 0.3 is 0 Å². The molecule has 0 N–H and O–H groups in total. The summed E-state index contributed by atoms with van der Waals surface area (Å²) in [5.41, 5.74) is 0.928. The highest BCUT2D eigenvalue weighted by Gasteiger charge is 2.36. The molecule has 1 fully saturated rings. The number of hydrogen-bond donors (Lipinski definition) is 0. The number of benzene rings is 1. The van der Waals surface area contributed by atoms with Crippen LogP contribution in [0.5, 0.6) is 5.75 Å². The highest BCUT2D eigenvalue weighted by atomic mass is 35.5. The zero-order chi connectivity index (χ0) is 18.5. The summed E-state index contributed by atoms with van der Waals surface area (Å²) in [4.78, 5) is 19.1. The van der Waals surface area contributed by atoms with E-state index in [0.29, 0.717) is 41.3 Å². The van der Waals surface area contributed by atoms with Crippen LogP contribution < -0.4 is 4.74 Å². The lowest BCUT2D eigenvalue weighted by molar-refractivity contribution is -0.134. The minimum atomic E-state index is -0.0113. The fourth-order valence-corrected chi connectivity index (χ4v) is 3.44. The van der Waals surface area contributed by atoms with Gasteiger partial charge in [0.05, 0.1) is 23.4 Å². The molecule has 1 aliphatic rings. The van der Waals surface area contributed by atoms with Crippen molar-refractivity contribution in [3.8, 4) is 5.75 Å². The first kappa shape index (κ1) is 19.0. The Bertz CT molecular complexity index is 751. The normalized spacial score (nSPS) is 14.7. The van der Waals surface area contributed by atoms with E-state index in [4.69, 9.17) is 27.9 Å². The predicted molar refractivity (Wildman–Crippen MR) is 104 cm³/mol. The maximum absolute atomic E-state index is 12.8. The van der Waals surface area contributed by atoms with E-state index in [9.17, 15) is 4.79 Å². The summed E-state index contributed by atoms with van der Waals surface area (Å²) in [6.45, 7) is 2.48. The van der Waals surface area contributed by atoms with E-state index < -0.39 is 0 Å². The molecule has 1 atom stereocenters. The van der Waals surface area contributed by atoms with Gasteiger partial charge in [-0.15, -0.1) is 0 Å². The highest BCUT2D eigenvalue weighted by Crippen LogP contribution is 2.34. The number of ether oxygens (including phenoxy) is 1. The molecule has 26 heavy (non-hydrogen) atoms. The summed E-state index contributed by atoms with van der Waals surface area (Å²) >= 11 is 12.0. The van der Waals surface area contributed by atoms with Crippen molar-refractivity contribution in [1.29, 1.82) is 0 Å². The largest absolute Gasteiger partial charge is 0.492 e. The van der Waals surface area contributed by atoms with Gasteiger partial charge in [0.1, 0.15) is 5.75 Å². The highest BCUT2D eigenvalue weighted by molar-refractivity contribution is 6.35. The molecule has 1 unspecified atom stereocenters. The van der Waals surface area contributed by atoms with E-state index in [0.717, 1.165) is 18.5 Å². The fraction of sp³-hybridized carbons (Fsp3) is 0.400. The molecule has 1 amide bonds. The molecule has 1 aromatic carbocycles. The predicted octanol–water partition coefficient (Wildman–Crippen LogP) is 5.30. The van der Waals surface area contributed by atoms with Crippen molar-refractivity contribution in [2.45, 2.75) is 44.7 Å². The molecular weight excluding hydrogens is 371 g/mol. The molecule has 0 spiro atoms. The van der Waals surface area contributed by atoms with E-state index in [1.165, 1.54) is 0 Å². The van der Waals surface area contributed by atoms with Crippen LogP contribution >= 0.6 is 23.2 Å². The van der Waals surface area contributed by atoms with Gasteiger partial charge in [-0.05, 0) is 56.5 Å². The Balaban J connectivity index is 1.52. The first-order chi connectivity index (χ1) is 12.6. The van der Waals surface area contributed by atoms with Gasteiger partial charge in [0, 0.05) is 23.7 Å². The molecule has 1 aromatic heterocycles. The van der Waals surface area contributed by atoms with Gasteiger partial charge < -0.3 is 9.64 Å². The first-order valence-corrected chi connectivity index (χ1v) is 9.62. The molecule has 138 valence electrons. The monoisotopic (exact) mass is 392 g/mol. The summed E-state index contributed by atoms with van der Waals surface area (Å²) < 4.78 is 5.67. The Morgan fingerprint density at radius 2 is 2.12 bits per heavy atom. The Morgan fingerprint density at radius 3 is 2.77 bits per heavy atom. The van der Waals surface area contributed by atoms with Crippen LogP contribution in [0.3, 0.4) is 0 Å². The van der Waals surface area contributed by atoms with E-state index in [-0.39, 0.29) is 11.9 Å². The van der Waals surface area contributed by atoms with Crippen molar-refractivity contribution in [1.82, 2.24) is 9.88 Å². The third kappa shape index (κ3) is 4.89. The number of nitrogens with zero attached hydrogens (tertiary/aromatic N) is 2. The molecule has 0 saturated heterocycles. The maximum Gasteiger partial charge on any atom is 0.223 e. The van der Waals surface area contributed by atoms with Crippen molar-refractivity contribution in [2.75, 3.05) is 6.61 Å². The second kappa shape index (κ2) is 8.74. The second-order valence-corrected chi connectivity index (χ2v) is 7.33.